The third-order valence-electron chi connectivity index (χ3n) is 1.83. The first-order valence-electron chi connectivity index (χ1n) is 3.60. The van der Waals surface area contributed by atoms with Gasteiger partial charge in [0, 0.05) is 13.1 Å². The van der Waals surface area contributed by atoms with Gasteiger partial charge in [-0.15, -0.1) is 0 Å². The van der Waals surface area contributed by atoms with Crippen LogP contribution in [0.4, 0.5) is 4.79 Å². The number of amides is 1. The lowest BCUT2D eigenvalue weighted by atomic mass is 9.93. The van der Waals surface area contributed by atoms with Gasteiger partial charge in [0.15, 0.2) is 0 Å². The highest BCUT2D eigenvalue weighted by Crippen LogP contribution is 2.17. The predicted octanol–water partition coefficient (Wildman–Crippen LogP) is 0.0465. The quantitative estimate of drug-likeness (QED) is 0.586. The average Bonchev–Trinajstić information content (AvgIpc) is 1.84. The molecule has 1 saturated heterocycles. The van der Waals surface area contributed by atoms with Crippen molar-refractivity contribution in [2.45, 2.75) is 12.5 Å². The summed E-state index contributed by atoms with van der Waals surface area (Å²) in [6.45, 7) is 3.79. The molecule has 1 fully saturated rings. The van der Waals surface area contributed by atoms with Gasteiger partial charge in [0.2, 0.25) is 0 Å². The number of carbonyl (C=O) groups excluding carboxylic acids is 1. The van der Waals surface area contributed by atoms with Crippen molar-refractivity contribution in [3.8, 4) is 0 Å². The molecule has 4 nitrogen and oxygen atoms in total. The highest BCUT2D eigenvalue weighted by molar-refractivity contribution is 5.68. The highest BCUT2D eigenvalue weighted by atomic mass is 16.5. The Kier molecular flexibility index (Phi) is 2.04. The minimum absolute atomic E-state index is 0.0815. The highest BCUT2D eigenvalue weighted by Gasteiger charge is 2.37. The number of rotatable bonds is 1. The number of carbonyl (C=O) groups is 1. The van der Waals surface area contributed by atoms with Crippen LogP contribution in [-0.2, 0) is 4.74 Å². The molecule has 0 bridgehead atoms. The van der Waals surface area contributed by atoms with E-state index < -0.39 is 0 Å². The molecule has 4 heteroatoms. The summed E-state index contributed by atoms with van der Waals surface area (Å²) in [6.07, 6.45) is -0.347. The fourth-order valence-corrected chi connectivity index (χ4v) is 1.52. The molecule has 0 saturated carbocycles. The second kappa shape index (κ2) is 2.70. The van der Waals surface area contributed by atoms with E-state index in [9.17, 15) is 4.79 Å². The van der Waals surface area contributed by atoms with Crippen molar-refractivity contribution < 1.29 is 9.53 Å². The van der Waals surface area contributed by atoms with Crippen molar-refractivity contribution in [2.75, 3.05) is 27.2 Å². The average molecular weight is 158 g/mol. The van der Waals surface area contributed by atoms with Crippen LogP contribution in [0.1, 0.15) is 6.92 Å². The van der Waals surface area contributed by atoms with E-state index in [2.05, 4.69) is 15.0 Å². The molecule has 1 aliphatic heterocycles. The minimum Gasteiger partial charge on any atom is -0.453 e. The van der Waals surface area contributed by atoms with E-state index in [1.165, 1.54) is 7.11 Å². The van der Waals surface area contributed by atoms with Crippen LogP contribution in [0.2, 0.25) is 0 Å². The van der Waals surface area contributed by atoms with E-state index in [0.29, 0.717) is 0 Å². The predicted molar refractivity (Wildman–Crippen MR) is 41.4 cm³/mol. The van der Waals surface area contributed by atoms with Gasteiger partial charge in [0.1, 0.15) is 0 Å². The van der Waals surface area contributed by atoms with Crippen LogP contribution in [0, 0.1) is 0 Å². The molecule has 1 aliphatic rings. The summed E-state index contributed by atoms with van der Waals surface area (Å²) in [5, 5.41) is 2.77. The molecule has 1 rings (SSSR count). The van der Waals surface area contributed by atoms with E-state index in [0.717, 1.165) is 13.1 Å². The summed E-state index contributed by atoms with van der Waals surface area (Å²) < 4.78 is 4.49. The number of hydrogen-bond donors (Lipinski definition) is 1. The van der Waals surface area contributed by atoms with E-state index in [4.69, 9.17) is 0 Å². The second-order valence-corrected chi connectivity index (χ2v) is 3.35. The fraction of sp³-hybridized carbons (Fsp3) is 0.857. The van der Waals surface area contributed by atoms with Gasteiger partial charge in [-0.3, -0.25) is 0 Å². The zero-order valence-electron chi connectivity index (χ0n) is 7.18. The fourth-order valence-electron chi connectivity index (χ4n) is 1.52. The van der Waals surface area contributed by atoms with Crippen molar-refractivity contribution in [1.29, 1.82) is 0 Å². The van der Waals surface area contributed by atoms with E-state index in [1.807, 2.05) is 14.0 Å². The molecule has 1 heterocycles. The number of likely N-dealkylation sites (tertiary alicyclic amines) is 1. The van der Waals surface area contributed by atoms with Crippen LogP contribution in [0.3, 0.4) is 0 Å². The van der Waals surface area contributed by atoms with Crippen molar-refractivity contribution in [1.82, 2.24) is 10.2 Å². The molecule has 0 radical (unpaired) electrons. The molecule has 0 atom stereocenters. The Hall–Kier alpha value is -0.770. The molecular weight excluding hydrogens is 144 g/mol. The van der Waals surface area contributed by atoms with Gasteiger partial charge in [-0.05, 0) is 14.0 Å². The SMILES string of the molecule is COC(=O)NC1(C)CN(C)C1. The Labute approximate surface area is 66.5 Å². The number of nitrogens with zero attached hydrogens (tertiary/aromatic N) is 1. The molecule has 0 spiro atoms. The van der Waals surface area contributed by atoms with Crippen LogP contribution in [-0.4, -0.2) is 43.8 Å². The molecule has 0 aromatic rings. The topological polar surface area (TPSA) is 41.6 Å². The monoisotopic (exact) mass is 158 g/mol. The summed E-state index contributed by atoms with van der Waals surface area (Å²) in [4.78, 5) is 12.9. The second-order valence-electron chi connectivity index (χ2n) is 3.35. The molecule has 11 heavy (non-hydrogen) atoms. The van der Waals surface area contributed by atoms with Crippen molar-refractivity contribution >= 4 is 6.09 Å². The van der Waals surface area contributed by atoms with Crippen LogP contribution in [0.25, 0.3) is 0 Å². The van der Waals surface area contributed by atoms with Gasteiger partial charge in [0.05, 0.1) is 12.6 Å². The van der Waals surface area contributed by atoms with Gasteiger partial charge >= 0.3 is 6.09 Å². The molecule has 64 valence electrons. The Morgan fingerprint density at radius 2 is 2.18 bits per heavy atom. The van der Waals surface area contributed by atoms with E-state index in [1.54, 1.807) is 0 Å². The third-order valence-corrected chi connectivity index (χ3v) is 1.83. The summed E-state index contributed by atoms with van der Waals surface area (Å²) in [5.74, 6) is 0. The van der Waals surface area contributed by atoms with Crippen LogP contribution < -0.4 is 5.32 Å². The van der Waals surface area contributed by atoms with Crippen molar-refractivity contribution in [3.05, 3.63) is 0 Å². The summed E-state index contributed by atoms with van der Waals surface area (Å²) >= 11 is 0. The van der Waals surface area contributed by atoms with Gasteiger partial charge in [-0.1, -0.05) is 0 Å². The van der Waals surface area contributed by atoms with Crippen LogP contribution in [0.15, 0.2) is 0 Å². The lowest BCUT2D eigenvalue weighted by molar-refractivity contribution is 0.0728. The number of methoxy groups -OCH3 is 1. The Bertz CT molecular complexity index is 164. The molecule has 0 aromatic carbocycles. The maximum atomic E-state index is 10.8. The normalized spacial score (nSPS) is 22.1. The van der Waals surface area contributed by atoms with Crippen molar-refractivity contribution in [2.24, 2.45) is 0 Å². The first kappa shape index (κ1) is 8.33. The maximum Gasteiger partial charge on any atom is 0.407 e. The van der Waals surface area contributed by atoms with Gasteiger partial charge < -0.3 is 15.0 Å². The minimum atomic E-state index is -0.347. The van der Waals surface area contributed by atoms with Crippen molar-refractivity contribution in [3.63, 3.8) is 0 Å². The standard InChI is InChI=1S/C7H14N2O2/c1-7(4-9(2)5-7)8-6(10)11-3/h4-5H2,1-3H3,(H,8,10). The summed E-state index contributed by atoms with van der Waals surface area (Å²) in [5.41, 5.74) is -0.0815. The Morgan fingerprint density at radius 3 is 2.55 bits per heavy atom. The van der Waals surface area contributed by atoms with E-state index in [-0.39, 0.29) is 11.6 Å². The molecule has 1 amide bonds. The number of alkyl carbamates (subject to hydrolysis) is 1. The third kappa shape index (κ3) is 1.83. The van der Waals surface area contributed by atoms with Gasteiger partial charge in [-0.25, -0.2) is 4.79 Å². The number of likely N-dealkylation sites (N-methyl/N-ethyl adjacent to an activating group) is 1. The maximum absolute atomic E-state index is 10.8. The number of nitrogens with one attached hydrogen (secondary N) is 1. The lowest BCUT2D eigenvalue weighted by Crippen LogP contribution is -2.67. The van der Waals surface area contributed by atoms with Gasteiger partial charge in [0.25, 0.3) is 0 Å². The number of hydrogen-bond acceptors (Lipinski definition) is 3. The van der Waals surface area contributed by atoms with Gasteiger partial charge in [-0.2, -0.15) is 0 Å². The largest absolute Gasteiger partial charge is 0.453 e. The van der Waals surface area contributed by atoms with Crippen LogP contribution >= 0.6 is 0 Å². The summed E-state index contributed by atoms with van der Waals surface area (Å²) in [6, 6.07) is 0. The zero-order chi connectivity index (χ0) is 8.48. The molecule has 0 aromatic heterocycles. The molecule has 0 unspecified atom stereocenters. The molecule has 0 aliphatic carbocycles. The smallest absolute Gasteiger partial charge is 0.407 e. The molecular formula is C7H14N2O2. The first-order valence-corrected chi connectivity index (χ1v) is 3.60. The Balaban J connectivity index is 2.32. The first-order chi connectivity index (χ1) is 5.06. The number of ether oxygens (including phenoxy) is 1. The zero-order valence-corrected chi connectivity index (χ0v) is 7.18. The lowest BCUT2D eigenvalue weighted by Gasteiger charge is -2.45. The molecule has 1 N–H and O–H groups in total. The summed E-state index contributed by atoms with van der Waals surface area (Å²) in [7, 11) is 3.39. The van der Waals surface area contributed by atoms with E-state index >= 15 is 0 Å². The Morgan fingerprint density at radius 1 is 1.64 bits per heavy atom. The van der Waals surface area contributed by atoms with Crippen LogP contribution in [0.5, 0.6) is 0 Å².